The fourth-order valence-corrected chi connectivity index (χ4v) is 2.24. The van der Waals surface area contributed by atoms with Gasteiger partial charge in [-0.2, -0.15) is 0 Å². The van der Waals surface area contributed by atoms with E-state index >= 15 is 0 Å². The molecule has 18 heavy (non-hydrogen) atoms. The van der Waals surface area contributed by atoms with Gasteiger partial charge in [0, 0.05) is 30.2 Å². The van der Waals surface area contributed by atoms with E-state index in [0.717, 1.165) is 10.6 Å². The largest absolute Gasteiger partial charge is 0.378 e. The first kappa shape index (κ1) is 12.6. The summed E-state index contributed by atoms with van der Waals surface area (Å²) in [5, 5.41) is 4.92. The lowest BCUT2D eigenvalue weighted by atomic mass is 10.2. The predicted molar refractivity (Wildman–Crippen MR) is 76.3 cm³/mol. The van der Waals surface area contributed by atoms with Gasteiger partial charge in [-0.25, -0.2) is 0 Å². The second kappa shape index (κ2) is 5.69. The minimum atomic E-state index is -0.0336. The maximum Gasteiger partial charge on any atom is 0.251 e. The number of hydrogen-bond donors (Lipinski definition) is 1. The third kappa shape index (κ3) is 3.11. The van der Waals surface area contributed by atoms with Crippen molar-refractivity contribution in [3.63, 3.8) is 0 Å². The molecule has 0 radical (unpaired) electrons. The Morgan fingerprint density at radius 3 is 2.50 bits per heavy atom. The maximum absolute atomic E-state index is 11.9. The van der Waals surface area contributed by atoms with Crippen LogP contribution >= 0.6 is 11.3 Å². The Morgan fingerprint density at radius 1 is 1.22 bits per heavy atom. The van der Waals surface area contributed by atoms with E-state index in [1.165, 1.54) is 0 Å². The van der Waals surface area contributed by atoms with Crippen molar-refractivity contribution in [1.82, 2.24) is 5.32 Å². The molecule has 1 aromatic carbocycles. The molecule has 4 heteroatoms. The van der Waals surface area contributed by atoms with Crippen molar-refractivity contribution in [2.24, 2.45) is 0 Å². The molecule has 0 aliphatic heterocycles. The summed E-state index contributed by atoms with van der Waals surface area (Å²) in [7, 11) is 3.96. The van der Waals surface area contributed by atoms with Gasteiger partial charge in [0.25, 0.3) is 5.91 Å². The summed E-state index contributed by atoms with van der Waals surface area (Å²) in [6.07, 6.45) is 0. The van der Waals surface area contributed by atoms with Crippen LogP contribution < -0.4 is 10.2 Å². The summed E-state index contributed by atoms with van der Waals surface area (Å²) in [6.45, 7) is 0.589. The number of amides is 1. The quantitative estimate of drug-likeness (QED) is 0.916. The molecule has 0 bridgehead atoms. The molecule has 0 spiro atoms. The highest BCUT2D eigenvalue weighted by Gasteiger charge is 2.05. The lowest BCUT2D eigenvalue weighted by molar-refractivity contribution is 0.0951. The highest BCUT2D eigenvalue weighted by atomic mass is 32.1. The first-order valence-corrected chi connectivity index (χ1v) is 6.63. The molecule has 1 N–H and O–H groups in total. The summed E-state index contributed by atoms with van der Waals surface area (Å²) < 4.78 is 0. The summed E-state index contributed by atoms with van der Waals surface area (Å²) in [4.78, 5) is 15.1. The molecule has 3 nitrogen and oxygen atoms in total. The van der Waals surface area contributed by atoms with E-state index in [2.05, 4.69) is 5.32 Å². The van der Waals surface area contributed by atoms with Gasteiger partial charge in [-0.1, -0.05) is 6.07 Å². The van der Waals surface area contributed by atoms with Gasteiger partial charge in [0.05, 0.1) is 6.54 Å². The zero-order chi connectivity index (χ0) is 13.0. The first-order chi connectivity index (χ1) is 8.66. The Hall–Kier alpha value is -1.81. The van der Waals surface area contributed by atoms with Gasteiger partial charge < -0.3 is 10.2 Å². The Labute approximate surface area is 111 Å². The summed E-state index contributed by atoms with van der Waals surface area (Å²) in [6, 6.07) is 11.6. The zero-order valence-electron chi connectivity index (χ0n) is 10.5. The average Bonchev–Trinajstić information content (AvgIpc) is 2.89. The van der Waals surface area contributed by atoms with Gasteiger partial charge in [0.1, 0.15) is 0 Å². The van der Waals surface area contributed by atoms with Crippen molar-refractivity contribution in [3.05, 3.63) is 52.2 Å². The smallest absolute Gasteiger partial charge is 0.251 e. The van der Waals surface area contributed by atoms with Crippen LogP contribution in [0.4, 0.5) is 5.69 Å². The first-order valence-electron chi connectivity index (χ1n) is 5.75. The molecule has 94 valence electrons. The molecule has 0 aliphatic carbocycles. The summed E-state index contributed by atoms with van der Waals surface area (Å²) in [5.74, 6) is -0.0336. The van der Waals surface area contributed by atoms with Crippen LogP contribution in [0.2, 0.25) is 0 Å². The van der Waals surface area contributed by atoms with E-state index in [0.29, 0.717) is 12.1 Å². The van der Waals surface area contributed by atoms with Gasteiger partial charge in [-0.3, -0.25) is 4.79 Å². The monoisotopic (exact) mass is 260 g/mol. The number of benzene rings is 1. The number of hydrogen-bond acceptors (Lipinski definition) is 3. The van der Waals surface area contributed by atoms with Crippen LogP contribution in [0.15, 0.2) is 41.8 Å². The fraction of sp³-hybridized carbons (Fsp3) is 0.214. The third-order valence-electron chi connectivity index (χ3n) is 2.65. The van der Waals surface area contributed by atoms with E-state index in [-0.39, 0.29) is 5.91 Å². The van der Waals surface area contributed by atoms with Crippen molar-refractivity contribution in [2.45, 2.75) is 6.54 Å². The van der Waals surface area contributed by atoms with E-state index in [1.54, 1.807) is 11.3 Å². The fourth-order valence-electron chi connectivity index (χ4n) is 1.59. The van der Waals surface area contributed by atoms with Crippen LogP contribution in [-0.2, 0) is 6.54 Å². The van der Waals surface area contributed by atoms with Crippen LogP contribution in [0.3, 0.4) is 0 Å². The Balaban J connectivity index is 1.96. The van der Waals surface area contributed by atoms with Gasteiger partial charge in [-0.15, -0.1) is 11.3 Å². The number of carbonyl (C=O) groups is 1. The topological polar surface area (TPSA) is 32.3 Å². The molecule has 1 heterocycles. The van der Waals surface area contributed by atoms with Crippen molar-refractivity contribution in [1.29, 1.82) is 0 Å². The Morgan fingerprint density at radius 2 is 1.94 bits per heavy atom. The van der Waals surface area contributed by atoms with Gasteiger partial charge in [0.15, 0.2) is 0 Å². The van der Waals surface area contributed by atoms with E-state index in [9.17, 15) is 4.79 Å². The van der Waals surface area contributed by atoms with E-state index in [4.69, 9.17) is 0 Å². The van der Waals surface area contributed by atoms with Crippen LogP contribution in [-0.4, -0.2) is 20.0 Å². The zero-order valence-corrected chi connectivity index (χ0v) is 11.3. The number of thiophene rings is 1. The molecule has 1 amide bonds. The molecule has 0 fully saturated rings. The van der Waals surface area contributed by atoms with E-state index < -0.39 is 0 Å². The van der Waals surface area contributed by atoms with Crippen molar-refractivity contribution in [2.75, 3.05) is 19.0 Å². The Bertz CT molecular complexity index is 503. The number of nitrogens with zero attached hydrogens (tertiary/aromatic N) is 1. The molecule has 0 saturated carbocycles. The normalized spacial score (nSPS) is 10.1. The molecule has 0 unspecified atom stereocenters. The number of rotatable bonds is 4. The second-order valence-corrected chi connectivity index (χ2v) is 5.24. The van der Waals surface area contributed by atoms with Crippen LogP contribution in [0.25, 0.3) is 0 Å². The lowest BCUT2D eigenvalue weighted by Crippen LogP contribution is -2.22. The van der Waals surface area contributed by atoms with Gasteiger partial charge in [0.2, 0.25) is 0 Å². The summed E-state index contributed by atoms with van der Waals surface area (Å²) >= 11 is 1.65. The molecule has 2 aromatic rings. The Kier molecular flexibility index (Phi) is 3.99. The molecule has 1 aromatic heterocycles. The van der Waals surface area contributed by atoms with E-state index in [1.807, 2.05) is 60.8 Å². The number of anilines is 1. The van der Waals surface area contributed by atoms with Crippen molar-refractivity contribution in [3.8, 4) is 0 Å². The minimum Gasteiger partial charge on any atom is -0.378 e. The third-order valence-corrected chi connectivity index (χ3v) is 3.53. The molecule has 0 saturated heterocycles. The second-order valence-electron chi connectivity index (χ2n) is 4.20. The maximum atomic E-state index is 11.9. The predicted octanol–water partition coefficient (Wildman–Crippen LogP) is 2.74. The highest BCUT2D eigenvalue weighted by Crippen LogP contribution is 2.13. The minimum absolute atomic E-state index is 0.0336. The molecule has 2 rings (SSSR count). The molecular weight excluding hydrogens is 244 g/mol. The number of carbonyl (C=O) groups excluding carboxylic acids is 1. The molecule has 0 atom stereocenters. The van der Waals surface area contributed by atoms with Crippen LogP contribution in [0.5, 0.6) is 0 Å². The van der Waals surface area contributed by atoms with Crippen LogP contribution in [0.1, 0.15) is 15.2 Å². The lowest BCUT2D eigenvalue weighted by Gasteiger charge is -2.12. The standard InChI is InChI=1S/C14H16N2OS/c1-16(2)12-7-5-11(6-8-12)14(17)15-10-13-4-3-9-18-13/h3-9H,10H2,1-2H3,(H,15,17). The SMILES string of the molecule is CN(C)c1ccc(C(=O)NCc2cccs2)cc1. The average molecular weight is 260 g/mol. The highest BCUT2D eigenvalue weighted by molar-refractivity contribution is 7.09. The van der Waals surface area contributed by atoms with Gasteiger partial charge >= 0.3 is 0 Å². The van der Waals surface area contributed by atoms with Gasteiger partial charge in [-0.05, 0) is 35.7 Å². The summed E-state index contributed by atoms with van der Waals surface area (Å²) in [5.41, 5.74) is 1.78. The van der Waals surface area contributed by atoms with Crippen molar-refractivity contribution >= 4 is 22.9 Å². The van der Waals surface area contributed by atoms with Crippen LogP contribution in [0, 0.1) is 0 Å². The molecular formula is C14H16N2OS. The molecule has 0 aliphatic rings. The van der Waals surface area contributed by atoms with Crippen molar-refractivity contribution < 1.29 is 4.79 Å². The number of nitrogens with one attached hydrogen (secondary N) is 1.